The van der Waals surface area contributed by atoms with E-state index in [-0.39, 0.29) is 37.3 Å². The Morgan fingerprint density at radius 1 is 0.974 bits per heavy atom. The first-order valence-corrected chi connectivity index (χ1v) is 28.6. The molecule has 0 bridgehead atoms. The molecule has 1 aromatic heterocycles. The Hall–Kier alpha value is -3.00. The molecule has 3 aliphatic heterocycles. The monoisotopic (exact) mass is 1110 g/mol. The van der Waals surface area contributed by atoms with Crippen LogP contribution in [0.5, 0.6) is 0 Å². The van der Waals surface area contributed by atoms with Gasteiger partial charge in [0.05, 0.1) is 47.2 Å². The number of likely N-dealkylation sites (N-methyl/N-ethyl adjacent to an activating group) is 2. The molecule has 0 amide bonds. The molecule has 0 spiro atoms. The van der Waals surface area contributed by atoms with E-state index in [0.717, 1.165) is 36.9 Å². The van der Waals surface area contributed by atoms with Crippen LogP contribution in [0.3, 0.4) is 0 Å². The number of anilines is 1. The number of nitrogens with two attached hydrogens (primary N) is 1. The number of methoxy groups -OCH3 is 2. The zero-order valence-corrected chi connectivity index (χ0v) is 49.0. The van der Waals surface area contributed by atoms with Crippen molar-refractivity contribution in [2.24, 2.45) is 23.5 Å². The van der Waals surface area contributed by atoms with Gasteiger partial charge in [0.25, 0.3) is 0 Å². The first-order chi connectivity index (χ1) is 36.7. The largest absolute Gasteiger partial charge is 0.459 e. The summed E-state index contributed by atoms with van der Waals surface area (Å²) in [5, 5.41) is 72.3. The SMILES string of the molecule is CC[C@H]1OC(=O)[C@H](C)[C@@H](O[C@H]2C[C@@](C)(OC)[C@@H](O)[C@H](C)O2)[C@H](C)[C@@H](O[C@@H]2O[C@H](C)C[C@H](N(C)CCc3cn([C@H](CF)[C@H](OC)c4ccc(NC5CCCCC5N)cc4)nn3)[C@H]2O)[C@](C)(O)C[C@@H](C)CN(C)[C@H](C)[C@@H](O)[C@]1(C)O. The van der Waals surface area contributed by atoms with Crippen LogP contribution < -0.4 is 11.1 Å². The van der Waals surface area contributed by atoms with Crippen molar-refractivity contribution >= 4 is 11.7 Å². The van der Waals surface area contributed by atoms with Gasteiger partial charge in [-0.1, -0.05) is 51.0 Å². The molecule has 4 heterocycles. The number of cyclic esters (lactones) is 1. The zero-order valence-electron chi connectivity index (χ0n) is 49.0. The van der Waals surface area contributed by atoms with Crippen molar-refractivity contribution in [1.82, 2.24) is 24.8 Å². The van der Waals surface area contributed by atoms with Crippen LogP contribution in [-0.4, -0.2) is 207 Å². The van der Waals surface area contributed by atoms with E-state index in [0.29, 0.717) is 31.6 Å². The van der Waals surface area contributed by atoms with Gasteiger partial charge in [-0.05, 0) is 118 Å². The molecule has 8 N–H and O–H groups in total. The Kier molecular flexibility index (Phi) is 22.5. The Labute approximate surface area is 463 Å². The van der Waals surface area contributed by atoms with E-state index >= 15 is 0 Å². The molecule has 21 heteroatoms. The predicted octanol–water partition coefficient (Wildman–Crippen LogP) is 4.69. The van der Waals surface area contributed by atoms with Crippen molar-refractivity contribution in [2.45, 2.75) is 242 Å². The molecule has 1 aromatic carbocycles. The van der Waals surface area contributed by atoms with Gasteiger partial charge < -0.3 is 79.5 Å². The summed E-state index contributed by atoms with van der Waals surface area (Å²) >= 11 is 0. The second-order valence-corrected chi connectivity index (χ2v) is 24.3. The van der Waals surface area contributed by atoms with E-state index in [2.05, 4.69) is 15.6 Å². The van der Waals surface area contributed by atoms with Crippen LogP contribution >= 0.6 is 0 Å². The van der Waals surface area contributed by atoms with E-state index in [1.54, 1.807) is 61.8 Å². The maximum atomic E-state index is 15.0. The van der Waals surface area contributed by atoms with Crippen molar-refractivity contribution in [2.75, 3.05) is 53.4 Å². The molecule has 20 nitrogen and oxygen atoms in total. The fourth-order valence-corrected chi connectivity index (χ4v) is 12.8. The van der Waals surface area contributed by atoms with Crippen LogP contribution in [-0.2, 0) is 44.4 Å². The number of alkyl halides is 1. The first-order valence-electron chi connectivity index (χ1n) is 28.6. The van der Waals surface area contributed by atoms with Crippen LogP contribution in [0.4, 0.5) is 10.1 Å². The van der Waals surface area contributed by atoms with Gasteiger partial charge >= 0.3 is 5.97 Å². The van der Waals surface area contributed by atoms with Gasteiger partial charge in [0, 0.05) is 82.1 Å². The third-order valence-electron chi connectivity index (χ3n) is 17.9. The summed E-state index contributed by atoms with van der Waals surface area (Å²) in [4.78, 5) is 18.5. The smallest absolute Gasteiger partial charge is 0.311 e. The van der Waals surface area contributed by atoms with E-state index in [1.165, 1.54) is 18.7 Å². The number of esters is 1. The van der Waals surface area contributed by atoms with Crippen molar-refractivity contribution in [1.29, 1.82) is 0 Å². The highest BCUT2D eigenvalue weighted by molar-refractivity contribution is 5.73. The van der Waals surface area contributed by atoms with E-state index in [4.69, 9.17) is 38.9 Å². The molecule has 1 saturated carbocycles. The average Bonchev–Trinajstić information content (AvgIpc) is 3.91. The zero-order chi connectivity index (χ0) is 57.6. The maximum absolute atomic E-state index is 15.0. The fourth-order valence-electron chi connectivity index (χ4n) is 12.8. The number of aliphatic hydroxyl groups is 5. The lowest BCUT2D eigenvalue weighted by atomic mass is 9.77. The molecule has 78 heavy (non-hydrogen) atoms. The van der Waals surface area contributed by atoms with E-state index in [9.17, 15) is 34.7 Å². The van der Waals surface area contributed by atoms with Gasteiger partial charge in [-0.25, -0.2) is 9.07 Å². The number of aromatic nitrogens is 3. The Morgan fingerprint density at radius 2 is 1.65 bits per heavy atom. The van der Waals surface area contributed by atoms with Gasteiger partial charge in [-0.3, -0.25) is 4.79 Å². The highest BCUT2D eigenvalue weighted by atomic mass is 19.1. The summed E-state index contributed by atoms with van der Waals surface area (Å²) < 4.78 is 60.8. The third kappa shape index (κ3) is 15.0. The normalized spacial score (nSPS) is 40.9. The summed E-state index contributed by atoms with van der Waals surface area (Å²) in [5.74, 6) is -2.87. The van der Waals surface area contributed by atoms with Gasteiger partial charge in [0.1, 0.15) is 48.8 Å². The second-order valence-electron chi connectivity index (χ2n) is 24.3. The van der Waals surface area contributed by atoms with E-state index < -0.39 is 127 Å². The molecule has 4 fully saturated rings. The van der Waals surface area contributed by atoms with Gasteiger partial charge in [-0.15, -0.1) is 5.10 Å². The van der Waals surface area contributed by atoms with Crippen molar-refractivity contribution in [3.05, 3.63) is 41.7 Å². The predicted molar refractivity (Wildman–Crippen MR) is 292 cm³/mol. The van der Waals surface area contributed by atoms with Gasteiger partial charge in [0.15, 0.2) is 12.6 Å². The minimum Gasteiger partial charge on any atom is -0.459 e. The fraction of sp³-hybridized carbons (Fsp3) is 0.842. The lowest BCUT2D eigenvalue weighted by molar-refractivity contribution is -0.318. The molecule has 6 rings (SSSR count). The average molecular weight is 1110 g/mol. The molecular formula is C57H98FN7O13. The topological polar surface area (TPSA) is 258 Å². The highest BCUT2D eigenvalue weighted by Gasteiger charge is 2.53. The van der Waals surface area contributed by atoms with Crippen LogP contribution in [0.1, 0.15) is 144 Å². The van der Waals surface area contributed by atoms with Crippen molar-refractivity contribution in [3.8, 4) is 0 Å². The first kappa shape index (κ1) is 64.2. The number of hydrogen-bond donors (Lipinski definition) is 7. The highest BCUT2D eigenvalue weighted by Crippen LogP contribution is 2.41. The number of halogens is 1. The maximum Gasteiger partial charge on any atom is 0.311 e. The van der Waals surface area contributed by atoms with Crippen LogP contribution in [0.25, 0.3) is 0 Å². The molecule has 4 aliphatic rings. The molecular weight excluding hydrogens is 1010 g/mol. The van der Waals surface area contributed by atoms with Crippen molar-refractivity contribution in [3.63, 3.8) is 0 Å². The summed E-state index contributed by atoms with van der Waals surface area (Å²) in [6, 6.07) is 6.25. The third-order valence-corrected chi connectivity index (χ3v) is 17.9. The number of nitrogens with one attached hydrogen (secondary N) is 1. The quantitative estimate of drug-likeness (QED) is 0.106. The second kappa shape index (κ2) is 27.4. The minimum absolute atomic E-state index is 0.0847. The number of aliphatic hydroxyl groups excluding tert-OH is 3. The van der Waals surface area contributed by atoms with Gasteiger partial charge in [-0.2, -0.15) is 0 Å². The standard InChI is InChI=1S/C57H98FN7O13/c1-15-45-57(10,71)50(67)36(6)64(12)30-32(2)27-55(8,70)52(34(4)48(35(5)53(69)76-45)77-46-28-56(9,73-14)51(68)37(7)75-46)78-54-47(66)43(26-33(3)74-54)63(11)25-24-40-31-65(62-61-40)44(29-58)49(72-13)38-20-22-39(23-21-38)60-42-19-17-16-18-41(42)59/h20-23,31-37,41-52,54,60,66-68,70-71H,15-19,24-30,59H2,1-14H3/t32-,33-,34+,35-,36-,37+,41?,42?,43+,44-,45-,46+,47-,48+,49-,50-,51+,52-,54+,55-,56-,57-/m1/s1. The van der Waals surface area contributed by atoms with Crippen molar-refractivity contribution < 1.29 is 67.9 Å². The minimum atomic E-state index is -1.85. The summed E-state index contributed by atoms with van der Waals surface area (Å²) in [6.07, 6.45) is -3.66. The number of rotatable bonds is 17. The number of hydrogen-bond acceptors (Lipinski definition) is 19. The lowest BCUT2D eigenvalue weighted by Gasteiger charge is -2.49. The summed E-state index contributed by atoms with van der Waals surface area (Å²) in [6.45, 7) is 17.5. The van der Waals surface area contributed by atoms with Crippen LogP contribution in [0.15, 0.2) is 30.5 Å². The summed E-state index contributed by atoms with van der Waals surface area (Å²) in [7, 11) is 6.78. The van der Waals surface area contributed by atoms with Crippen LogP contribution in [0, 0.1) is 17.8 Å². The van der Waals surface area contributed by atoms with Gasteiger partial charge in [0.2, 0.25) is 0 Å². The molecule has 2 unspecified atom stereocenters. The molecule has 3 saturated heterocycles. The Bertz CT molecular complexity index is 2160. The number of carbonyl (C=O) groups excluding carboxylic acids is 1. The summed E-state index contributed by atoms with van der Waals surface area (Å²) in [5.41, 5.74) is 4.15. The molecule has 1 aliphatic carbocycles. The lowest BCUT2D eigenvalue weighted by Crippen LogP contribution is -2.61. The molecule has 0 radical (unpaired) electrons. The number of ether oxygens (including phenoxy) is 7. The van der Waals surface area contributed by atoms with Crippen LogP contribution in [0.2, 0.25) is 0 Å². The van der Waals surface area contributed by atoms with E-state index in [1.807, 2.05) is 62.0 Å². The number of nitrogens with zero attached hydrogens (tertiary/aromatic N) is 5. The molecule has 446 valence electrons. The number of benzene rings is 1. The molecule has 22 atom stereocenters. The Balaban J connectivity index is 1.23. The Morgan fingerprint density at radius 3 is 2.28 bits per heavy atom. The number of carbonyl (C=O) groups is 1. The molecule has 2 aromatic rings.